The highest BCUT2D eigenvalue weighted by Crippen LogP contribution is 2.41. The summed E-state index contributed by atoms with van der Waals surface area (Å²) < 4.78 is 0. The second-order valence-corrected chi connectivity index (χ2v) is 7.47. The van der Waals surface area contributed by atoms with E-state index in [1.807, 2.05) is 30.3 Å². The van der Waals surface area contributed by atoms with E-state index >= 15 is 0 Å². The van der Waals surface area contributed by atoms with E-state index in [4.69, 9.17) is 0 Å². The van der Waals surface area contributed by atoms with Crippen LogP contribution in [0, 0.1) is 24.7 Å². The molecule has 0 radical (unpaired) electrons. The minimum Gasteiger partial charge on any atom is -0.377 e. The van der Waals surface area contributed by atoms with Crippen LogP contribution >= 0.6 is 0 Å². The van der Waals surface area contributed by atoms with E-state index in [1.54, 1.807) is 0 Å². The van der Waals surface area contributed by atoms with Crippen molar-refractivity contribution >= 4 is 17.5 Å². The molecule has 1 aliphatic carbocycles. The van der Waals surface area contributed by atoms with Gasteiger partial charge in [-0.3, -0.25) is 14.9 Å². The van der Waals surface area contributed by atoms with Gasteiger partial charge in [0.1, 0.15) is 0 Å². The van der Waals surface area contributed by atoms with Crippen LogP contribution in [0.4, 0.5) is 5.69 Å². The highest BCUT2D eigenvalue weighted by molar-refractivity contribution is 6.01. The third kappa shape index (κ3) is 3.52. The minimum atomic E-state index is -0.341. The van der Waals surface area contributed by atoms with Crippen LogP contribution in [0.5, 0.6) is 0 Å². The van der Waals surface area contributed by atoms with Crippen LogP contribution in [0.15, 0.2) is 66.7 Å². The lowest BCUT2D eigenvalue weighted by molar-refractivity contribution is -0.143. The summed E-state index contributed by atoms with van der Waals surface area (Å²) in [7, 11) is 0. The van der Waals surface area contributed by atoms with Gasteiger partial charge in [-0.2, -0.15) is 0 Å². The molecule has 4 atom stereocenters. The largest absolute Gasteiger partial charge is 0.377 e. The fourth-order valence-electron chi connectivity index (χ4n) is 4.25. The fraction of sp³-hybridized carbons (Fsp3) is 0.304. The van der Waals surface area contributed by atoms with E-state index in [9.17, 15) is 9.59 Å². The minimum absolute atomic E-state index is 0.0810. The number of anilines is 1. The summed E-state index contributed by atoms with van der Waals surface area (Å²) in [5, 5.41) is 6.18. The molecule has 4 nitrogen and oxygen atoms in total. The molecule has 2 aromatic rings. The van der Waals surface area contributed by atoms with Crippen molar-refractivity contribution in [1.82, 2.24) is 5.32 Å². The van der Waals surface area contributed by atoms with E-state index in [1.165, 1.54) is 5.56 Å². The highest BCUT2D eigenvalue weighted by atomic mass is 16.2. The number of aryl methyl sites for hydroxylation is 1. The monoisotopic (exact) mass is 360 g/mol. The molecule has 27 heavy (non-hydrogen) atoms. The lowest BCUT2D eigenvalue weighted by Gasteiger charge is -2.41. The molecule has 0 unspecified atom stereocenters. The van der Waals surface area contributed by atoms with E-state index in [0.29, 0.717) is 0 Å². The summed E-state index contributed by atoms with van der Waals surface area (Å²) in [4.78, 5) is 25.3. The Hall–Kier alpha value is -2.88. The molecule has 0 spiro atoms. The van der Waals surface area contributed by atoms with Crippen molar-refractivity contribution < 1.29 is 9.59 Å². The third-order valence-corrected chi connectivity index (χ3v) is 5.66. The van der Waals surface area contributed by atoms with E-state index in [2.05, 4.69) is 54.0 Å². The SMILES string of the molecule is Cc1ccc([C@@H](Nc2ccccc2)[C@@H]2C(=O)NC(=O)[C@@H]3CCC=C[C@H]23)cc1. The molecule has 0 aromatic heterocycles. The van der Waals surface area contributed by atoms with Crippen LogP contribution in [0.25, 0.3) is 0 Å². The normalized spacial score (nSPS) is 25.4. The predicted molar refractivity (Wildman–Crippen MR) is 106 cm³/mol. The van der Waals surface area contributed by atoms with E-state index < -0.39 is 0 Å². The average molecular weight is 360 g/mol. The van der Waals surface area contributed by atoms with E-state index in [0.717, 1.165) is 24.1 Å². The smallest absolute Gasteiger partial charge is 0.232 e. The number of benzene rings is 2. The molecule has 4 heteroatoms. The lowest BCUT2D eigenvalue weighted by Crippen LogP contribution is -2.54. The Balaban J connectivity index is 1.75. The zero-order valence-corrected chi connectivity index (χ0v) is 15.4. The van der Waals surface area contributed by atoms with Crippen LogP contribution in [0.1, 0.15) is 30.0 Å². The Morgan fingerprint density at radius 3 is 2.48 bits per heavy atom. The Morgan fingerprint density at radius 2 is 1.74 bits per heavy atom. The summed E-state index contributed by atoms with van der Waals surface area (Å²) in [6, 6.07) is 18.0. The van der Waals surface area contributed by atoms with Crippen molar-refractivity contribution in [2.75, 3.05) is 5.32 Å². The standard InChI is InChI=1S/C23H24N2O2/c1-15-11-13-16(14-12-15)21(24-17-7-3-2-4-8-17)20-18-9-5-6-10-19(18)22(26)25-23(20)27/h2-5,7-9,11-14,18-21,24H,6,10H2,1H3,(H,25,26,27)/t18-,19+,20+,21+/m0/s1. The van der Waals surface area contributed by atoms with Crippen LogP contribution < -0.4 is 10.6 Å². The Bertz CT molecular complexity index is 858. The Labute approximate surface area is 159 Å². The molecule has 2 amide bonds. The zero-order valence-electron chi connectivity index (χ0n) is 15.4. The summed E-state index contributed by atoms with van der Waals surface area (Å²) >= 11 is 0. The third-order valence-electron chi connectivity index (χ3n) is 5.66. The molecule has 1 heterocycles. The van der Waals surface area contributed by atoms with Gasteiger partial charge in [0, 0.05) is 17.5 Å². The molecular formula is C23H24N2O2. The first-order valence-electron chi connectivity index (χ1n) is 9.53. The molecular weight excluding hydrogens is 336 g/mol. The molecule has 0 bridgehead atoms. The predicted octanol–water partition coefficient (Wildman–Crippen LogP) is 4.00. The lowest BCUT2D eigenvalue weighted by atomic mass is 9.69. The van der Waals surface area contributed by atoms with Gasteiger partial charge in [-0.15, -0.1) is 0 Å². The molecule has 2 aliphatic rings. The van der Waals surface area contributed by atoms with Crippen LogP contribution in [-0.2, 0) is 9.59 Å². The second kappa shape index (κ2) is 7.39. The summed E-state index contributed by atoms with van der Waals surface area (Å²) in [6.45, 7) is 2.05. The summed E-state index contributed by atoms with van der Waals surface area (Å²) in [5.41, 5.74) is 3.19. The van der Waals surface area contributed by atoms with Gasteiger partial charge < -0.3 is 5.32 Å². The first-order valence-corrected chi connectivity index (χ1v) is 9.53. The molecule has 138 valence electrons. The molecule has 1 fully saturated rings. The van der Waals surface area contributed by atoms with Gasteiger partial charge in [0.15, 0.2) is 0 Å². The summed E-state index contributed by atoms with van der Waals surface area (Å²) in [6.07, 6.45) is 5.86. The van der Waals surface area contributed by atoms with Gasteiger partial charge in [0.2, 0.25) is 11.8 Å². The first-order chi connectivity index (χ1) is 13.1. The number of piperidine rings is 1. The number of allylic oxidation sites excluding steroid dienone is 2. The molecule has 1 aliphatic heterocycles. The van der Waals surface area contributed by atoms with Crippen LogP contribution in [-0.4, -0.2) is 11.8 Å². The highest BCUT2D eigenvalue weighted by Gasteiger charge is 2.46. The van der Waals surface area contributed by atoms with Gasteiger partial charge in [-0.25, -0.2) is 0 Å². The number of para-hydroxylation sites is 1. The molecule has 4 rings (SSSR count). The van der Waals surface area contributed by atoms with Crippen molar-refractivity contribution in [3.63, 3.8) is 0 Å². The fourth-order valence-corrected chi connectivity index (χ4v) is 4.25. The van der Waals surface area contributed by atoms with E-state index in [-0.39, 0.29) is 35.6 Å². The number of imide groups is 1. The molecule has 2 aromatic carbocycles. The number of hydrogen-bond donors (Lipinski definition) is 2. The number of carbonyl (C=O) groups is 2. The van der Waals surface area contributed by atoms with Crippen LogP contribution in [0.3, 0.4) is 0 Å². The first kappa shape index (κ1) is 17.5. The van der Waals surface area contributed by atoms with Crippen molar-refractivity contribution in [2.24, 2.45) is 17.8 Å². The second-order valence-electron chi connectivity index (χ2n) is 7.47. The van der Waals surface area contributed by atoms with Crippen molar-refractivity contribution in [2.45, 2.75) is 25.8 Å². The molecule has 2 N–H and O–H groups in total. The number of hydrogen-bond acceptors (Lipinski definition) is 3. The van der Waals surface area contributed by atoms with Crippen molar-refractivity contribution in [1.29, 1.82) is 0 Å². The number of amides is 2. The maximum atomic E-state index is 12.9. The van der Waals surface area contributed by atoms with Crippen LogP contribution in [0.2, 0.25) is 0 Å². The zero-order chi connectivity index (χ0) is 18.8. The number of carbonyl (C=O) groups excluding carboxylic acids is 2. The number of rotatable bonds is 4. The van der Waals surface area contributed by atoms with Gasteiger partial charge in [-0.05, 0) is 37.5 Å². The van der Waals surface area contributed by atoms with Gasteiger partial charge in [-0.1, -0.05) is 60.2 Å². The molecule has 1 saturated heterocycles. The Morgan fingerprint density at radius 1 is 1.00 bits per heavy atom. The van der Waals surface area contributed by atoms with Gasteiger partial charge in [0.25, 0.3) is 0 Å². The van der Waals surface area contributed by atoms with Gasteiger partial charge >= 0.3 is 0 Å². The number of nitrogens with one attached hydrogen (secondary N) is 2. The summed E-state index contributed by atoms with van der Waals surface area (Å²) in [5.74, 6) is -0.882. The maximum absolute atomic E-state index is 12.9. The van der Waals surface area contributed by atoms with Crippen molar-refractivity contribution in [3.8, 4) is 0 Å². The maximum Gasteiger partial charge on any atom is 0.232 e. The topological polar surface area (TPSA) is 58.2 Å². The van der Waals surface area contributed by atoms with Gasteiger partial charge in [0.05, 0.1) is 12.0 Å². The molecule has 0 saturated carbocycles. The number of fused-ring (bicyclic) bond motifs is 1. The quantitative estimate of drug-likeness (QED) is 0.640. The Kier molecular flexibility index (Phi) is 4.80. The average Bonchev–Trinajstić information content (AvgIpc) is 2.69. The van der Waals surface area contributed by atoms with Crippen molar-refractivity contribution in [3.05, 3.63) is 77.9 Å².